The molecule has 1 atom stereocenters. The van der Waals surface area contributed by atoms with Crippen molar-refractivity contribution in [3.8, 4) is 0 Å². The molecule has 1 heterocycles. The van der Waals surface area contributed by atoms with E-state index in [1.807, 2.05) is 42.5 Å². The number of hydrogen-bond donors (Lipinski definition) is 1. The number of carbonyl (C=O) groups is 3. The number of aryl methyl sites for hydroxylation is 1. The predicted molar refractivity (Wildman–Crippen MR) is 142 cm³/mol. The minimum Gasteiger partial charge on any atom is -0.445 e. The Morgan fingerprint density at radius 1 is 0.919 bits per heavy atom. The molecule has 0 saturated carbocycles. The first-order valence-electron chi connectivity index (χ1n) is 12.8. The molecule has 0 radical (unpaired) electrons. The van der Waals surface area contributed by atoms with Gasteiger partial charge in [-0.3, -0.25) is 9.69 Å². The van der Waals surface area contributed by atoms with Crippen LogP contribution in [0.1, 0.15) is 57.7 Å². The second-order valence-corrected chi connectivity index (χ2v) is 10.6. The summed E-state index contributed by atoms with van der Waals surface area (Å²) in [6, 6.07) is 17.5. The van der Waals surface area contributed by atoms with E-state index in [0.29, 0.717) is 6.54 Å². The van der Waals surface area contributed by atoms with E-state index in [4.69, 9.17) is 9.47 Å². The molecule has 1 N–H and O–H groups in total. The van der Waals surface area contributed by atoms with Crippen molar-refractivity contribution in [2.45, 2.75) is 71.8 Å². The zero-order chi connectivity index (χ0) is 27.1. The summed E-state index contributed by atoms with van der Waals surface area (Å²) in [7, 11) is 0. The van der Waals surface area contributed by atoms with Gasteiger partial charge in [0.1, 0.15) is 17.7 Å². The molecule has 0 spiro atoms. The van der Waals surface area contributed by atoms with Gasteiger partial charge in [0, 0.05) is 19.6 Å². The highest BCUT2D eigenvalue weighted by molar-refractivity contribution is 5.90. The van der Waals surface area contributed by atoms with Gasteiger partial charge in [0.25, 0.3) is 0 Å². The second-order valence-electron chi connectivity index (χ2n) is 10.6. The van der Waals surface area contributed by atoms with Crippen molar-refractivity contribution in [2.75, 3.05) is 19.6 Å². The van der Waals surface area contributed by atoms with Gasteiger partial charge in [-0.2, -0.15) is 0 Å². The van der Waals surface area contributed by atoms with Crippen molar-refractivity contribution in [2.24, 2.45) is 0 Å². The van der Waals surface area contributed by atoms with Gasteiger partial charge in [-0.25, -0.2) is 9.59 Å². The summed E-state index contributed by atoms with van der Waals surface area (Å²) < 4.78 is 11.1. The molecule has 37 heavy (non-hydrogen) atoms. The number of nitrogens with zero attached hydrogens (tertiary/aromatic N) is 2. The van der Waals surface area contributed by atoms with E-state index in [1.165, 1.54) is 15.4 Å². The first-order valence-corrected chi connectivity index (χ1v) is 12.8. The highest BCUT2D eigenvalue weighted by Crippen LogP contribution is 2.25. The minimum absolute atomic E-state index is 0.0103. The van der Waals surface area contributed by atoms with E-state index in [0.717, 1.165) is 24.0 Å². The van der Waals surface area contributed by atoms with Gasteiger partial charge >= 0.3 is 12.2 Å². The number of nitrogens with one attached hydrogen (secondary N) is 1. The lowest BCUT2D eigenvalue weighted by Gasteiger charge is -2.46. The fourth-order valence-corrected chi connectivity index (χ4v) is 4.26. The molecule has 0 aliphatic carbocycles. The third-order valence-electron chi connectivity index (χ3n) is 6.27. The van der Waals surface area contributed by atoms with Gasteiger partial charge in [-0.1, -0.05) is 67.9 Å². The van der Waals surface area contributed by atoms with Crippen LogP contribution < -0.4 is 5.32 Å². The average molecular weight is 510 g/mol. The van der Waals surface area contributed by atoms with Gasteiger partial charge in [0.15, 0.2) is 0 Å². The Morgan fingerprint density at radius 2 is 1.57 bits per heavy atom. The van der Waals surface area contributed by atoms with Crippen molar-refractivity contribution in [3.05, 3.63) is 71.3 Å². The molecule has 3 rings (SSSR count). The standard InChI is InChI=1S/C29H39N3O5/c1-6-10-22-13-15-23(16-14-22)19-30-25(33)29(5)21-31(26(34)37-28(2,3)4)17-18-32(29)27(35)36-20-24-11-8-7-9-12-24/h7-9,11-16H,6,10,17-21H2,1-5H3,(H,30,33)/t29-/m0/s1. The Hall–Kier alpha value is -3.55. The Kier molecular flexibility index (Phi) is 9.18. The summed E-state index contributed by atoms with van der Waals surface area (Å²) in [4.78, 5) is 42.4. The number of ether oxygens (including phenoxy) is 2. The first-order chi connectivity index (χ1) is 17.5. The smallest absolute Gasteiger partial charge is 0.411 e. The summed E-state index contributed by atoms with van der Waals surface area (Å²) >= 11 is 0. The maximum absolute atomic E-state index is 13.6. The molecule has 1 aliphatic heterocycles. The maximum Gasteiger partial charge on any atom is 0.411 e. The molecule has 1 saturated heterocycles. The fraction of sp³-hybridized carbons (Fsp3) is 0.483. The van der Waals surface area contributed by atoms with Gasteiger partial charge in [0.2, 0.25) is 5.91 Å². The van der Waals surface area contributed by atoms with E-state index in [9.17, 15) is 14.4 Å². The highest BCUT2D eigenvalue weighted by Gasteiger charge is 2.48. The highest BCUT2D eigenvalue weighted by atomic mass is 16.6. The zero-order valence-corrected chi connectivity index (χ0v) is 22.6. The van der Waals surface area contributed by atoms with Crippen LogP contribution in [0.15, 0.2) is 54.6 Å². The van der Waals surface area contributed by atoms with Crippen LogP contribution in [0.2, 0.25) is 0 Å². The van der Waals surface area contributed by atoms with E-state index in [-0.39, 0.29) is 32.1 Å². The quantitative estimate of drug-likeness (QED) is 0.573. The minimum atomic E-state index is -1.34. The summed E-state index contributed by atoms with van der Waals surface area (Å²) in [5.74, 6) is -0.366. The van der Waals surface area contributed by atoms with Crippen LogP contribution >= 0.6 is 0 Å². The number of piperazine rings is 1. The Morgan fingerprint density at radius 3 is 2.19 bits per heavy atom. The van der Waals surface area contributed by atoms with E-state index in [1.54, 1.807) is 27.7 Å². The molecule has 0 aromatic heterocycles. The van der Waals surface area contributed by atoms with Crippen LogP contribution in [0, 0.1) is 0 Å². The van der Waals surface area contributed by atoms with Crippen molar-refractivity contribution < 1.29 is 23.9 Å². The number of hydrogen-bond acceptors (Lipinski definition) is 5. The lowest BCUT2D eigenvalue weighted by atomic mass is 9.95. The van der Waals surface area contributed by atoms with Crippen LogP contribution in [-0.4, -0.2) is 58.7 Å². The summed E-state index contributed by atoms with van der Waals surface area (Å²) in [6.07, 6.45) is 0.953. The number of amides is 3. The Balaban J connectivity index is 1.75. The SMILES string of the molecule is CCCc1ccc(CNC(=O)[C@]2(C)CN(C(=O)OC(C)(C)C)CCN2C(=O)OCc2ccccc2)cc1. The normalized spacial score (nSPS) is 17.8. The van der Waals surface area contributed by atoms with Gasteiger partial charge in [0.05, 0.1) is 6.54 Å². The number of carbonyl (C=O) groups excluding carboxylic acids is 3. The van der Waals surface area contributed by atoms with Gasteiger partial charge in [-0.15, -0.1) is 0 Å². The molecular weight excluding hydrogens is 470 g/mol. The molecule has 200 valence electrons. The van der Waals surface area contributed by atoms with Crippen LogP contribution in [0.4, 0.5) is 9.59 Å². The van der Waals surface area contributed by atoms with Crippen molar-refractivity contribution in [1.29, 1.82) is 0 Å². The molecule has 0 unspecified atom stereocenters. The Bertz CT molecular complexity index is 1070. The second kappa shape index (κ2) is 12.1. The molecule has 0 bridgehead atoms. The molecule has 2 aromatic rings. The van der Waals surface area contributed by atoms with Gasteiger partial charge < -0.3 is 19.7 Å². The first kappa shape index (κ1) is 28.0. The summed E-state index contributed by atoms with van der Waals surface area (Å²) in [5, 5.41) is 2.96. The third-order valence-corrected chi connectivity index (χ3v) is 6.27. The third kappa shape index (κ3) is 7.71. The average Bonchev–Trinajstić information content (AvgIpc) is 2.86. The topological polar surface area (TPSA) is 88.2 Å². The molecule has 1 aliphatic rings. The van der Waals surface area contributed by atoms with Crippen molar-refractivity contribution in [3.63, 3.8) is 0 Å². The zero-order valence-electron chi connectivity index (χ0n) is 22.6. The van der Waals surface area contributed by atoms with Crippen LogP contribution in [0.5, 0.6) is 0 Å². The largest absolute Gasteiger partial charge is 0.445 e. The van der Waals surface area contributed by atoms with Crippen molar-refractivity contribution in [1.82, 2.24) is 15.1 Å². The predicted octanol–water partition coefficient (Wildman–Crippen LogP) is 4.90. The van der Waals surface area contributed by atoms with Crippen LogP contribution in [0.3, 0.4) is 0 Å². The van der Waals surface area contributed by atoms with Crippen LogP contribution in [0.25, 0.3) is 0 Å². The fourth-order valence-electron chi connectivity index (χ4n) is 4.26. The van der Waals surface area contributed by atoms with E-state index >= 15 is 0 Å². The molecule has 8 heteroatoms. The van der Waals surface area contributed by atoms with Crippen LogP contribution in [-0.2, 0) is 33.8 Å². The lowest BCUT2D eigenvalue weighted by Crippen LogP contribution is -2.69. The molecule has 2 aromatic carbocycles. The molecule has 8 nitrogen and oxygen atoms in total. The molecular formula is C29H39N3O5. The molecule has 3 amide bonds. The number of benzene rings is 2. The van der Waals surface area contributed by atoms with Gasteiger partial charge in [-0.05, 0) is 50.8 Å². The molecule has 1 fully saturated rings. The van der Waals surface area contributed by atoms with E-state index < -0.39 is 23.3 Å². The van der Waals surface area contributed by atoms with Crippen molar-refractivity contribution >= 4 is 18.1 Å². The number of rotatable bonds is 7. The summed E-state index contributed by atoms with van der Waals surface area (Å²) in [6.45, 7) is 9.93. The van der Waals surface area contributed by atoms with E-state index in [2.05, 4.69) is 24.4 Å². The Labute approximate surface area is 219 Å². The lowest BCUT2D eigenvalue weighted by molar-refractivity contribution is -0.135. The summed E-state index contributed by atoms with van der Waals surface area (Å²) in [5.41, 5.74) is 1.03. The maximum atomic E-state index is 13.6. The monoisotopic (exact) mass is 509 g/mol.